The molecule has 6 heteroatoms. The summed E-state index contributed by atoms with van der Waals surface area (Å²) in [5, 5.41) is 11.2. The van der Waals surface area contributed by atoms with Gasteiger partial charge < -0.3 is 9.30 Å². The quantitative estimate of drug-likeness (QED) is 0.805. The molecule has 0 spiro atoms. The molecule has 0 aromatic carbocycles. The normalized spacial score (nSPS) is 13.4. The van der Waals surface area contributed by atoms with E-state index in [9.17, 15) is 4.79 Å². The predicted molar refractivity (Wildman–Crippen MR) is 67.8 cm³/mol. The van der Waals surface area contributed by atoms with Crippen LogP contribution in [0.15, 0.2) is 0 Å². The molecule has 0 bridgehead atoms. The average Bonchev–Trinajstić information content (AvgIpc) is 2.58. The molecule has 0 fully saturated rings. The fourth-order valence-corrected chi connectivity index (χ4v) is 1.66. The summed E-state index contributed by atoms with van der Waals surface area (Å²) in [5.41, 5.74) is -0.221. The molecule has 0 aliphatic carbocycles. The summed E-state index contributed by atoms with van der Waals surface area (Å²) < 4.78 is 6.71. The number of carbonyl (C=O) groups excluding carboxylic acids is 1. The van der Waals surface area contributed by atoms with Crippen molar-refractivity contribution in [3.63, 3.8) is 0 Å². The van der Waals surface area contributed by atoms with Gasteiger partial charge in [-0.1, -0.05) is 20.8 Å². The van der Waals surface area contributed by atoms with E-state index in [0.29, 0.717) is 6.54 Å². The fraction of sp³-hybridized carbons (Fsp3) is 0.750. The zero-order valence-electron chi connectivity index (χ0n) is 11.9. The van der Waals surface area contributed by atoms with Gasteiger partial charge in [-0.3, -0.25) is 10.1 Å². The van der Waals surface area contributed by atoms with E-state index in [1.807, 2.05) is 39.3 Å². The Hall–Kier alpha value is -1.43. The third-order valence-electron chi connectivity index (χ3n) is 2.95. The van der Waals surface area contributed by atoms with Crippen molar-refractivity contribution in [1.82, 2.24) is 20.1 Å². The standard InChI is InChI=1S/C12H22N4O2/c1-8-14-15-9(16(8)5)7-13-10(11(17)18-6)12(2,3)4/h10,13H,7H2,1-6H3/t10-/m1/s1. The minimum Gasteiger partial charge on any atom is -0.468 e. The van der Waals surface area contributed by atoms with E-state index in [2.05, 4.69) is 15.5 Å². The number of methoxy groups -OCH3 is 1. The molecule has 1 aromatic heterocycles. The van der Waals surface area contributed by atoms with Gasteiger partial charge in [0.05, 0.1) is 13.7 Å². The first-order valence-electron chi connectivity index (χ1n) is 5.93. The van der Waals surface area contributed by atoms with E-state index < -0.39 is 0 Å². The summed E-state index contributed by atoms with van der Waals surface area (Å²) in [6.07, 6.45) is 0. The van der Waals surface area contributed by atoms with Gasteiger partial charge in [0.1, 0.15) is 17.7 Å². The van der Waals surface area contributed by atoms with E-state index in [4.69, 9.17) is 4.74 Å². The van der Waals surface area contributed by atoms with Crippen molar-refractivity contribution in [1.29, 1.82) is 0 Å². The van der Waals surface area contributed by atoms with Crippen LogP contribution in [0.4, 0.5) is 0 Å². The van der Waals surface area contributed by atoms with Crippen molar-refractivity contribution in [2.24, 2.45) is 12.5 Å². The average molecular weight is 254 g/mol. The molecule has 0 amide bonds. The lowest BCUT2D eigenvalue weighted by Crippen LogP contribution is -2.47. The second-order valence-corrected chi connectivity index (χ2v) is 5.43. The molecule has 1 heterocycles. The van der Waals surface area contributed by atoms with Crippen LogP contribution < -0.4 is 5.32 Å². The molecule has 1 N–H and O–H groups in total. The third kappa shape index (κ3) is 3.29. The lowest BCUT2D eigenvalue weighted by Gasteiger charge is -2.29. The summed E-state index contributed by atoms with van der Waals surface area (Å²) >= 11 is 0. The molecule has 6 nitrogen and oxygen atoms in total. The predicted octanol–water partition coefficient (Wildman–Crippen LogP) is 0.801. The minimum absolute atomic E-state index is 0.221. The van der Waals surface area contributed by atoms with Gasteiger partial charge >= 0.3 is 5.97 Å². The highest BCUT2D eigenvalue weighted by atomic mass is 16.5. The number of rotatable bonds is 4. The molecule has 18 heavy (non-hydrogen) atoms. The van der Waals surface area contributed by atoms with Crippen molar-refractivity contribution in [2.45, 2.75) is 40.3 Å². The van der Waals surface area contributed by atoms with Crippen LogP contribution in [0.25, 0.3) is 0 Å². The molecule has 1 aromatic rings. The summed E-state index contributed by atoms with van der Waals surface area (Å²) in [6.45, 7) is 8.34. The van der Waals surface area contributed by atoms with Gasteiger partial charge in [-0.05, 0) is 12.3 Å². The highest BCUT2D eigenvalue weighted by molar-refractivity contribution is 5.76. The molecule has 0 radical (unpaired) electrons. The van der Waals surface area contributed by atoms with Gasteiger partial charge in [0.2, 0.25) is 0 Å². The molecule has 102 valence electrons. The van der Waals surface area contributed by atoms with Gasteiger partial charge in [0.15, 0.2) is 0 Å². The number of ether oxygens (including phenoxy) is 1. The summed E-state index contributed by atoms with van der Waals surface area (Å²) in [4.78, 5) is 11.7. The molecular weight excluding hydrogens is 232 g/mol. The molecule has 0 aliphatic rings. The maximum Gasteiger partial charge on any atom is 0.323 e. The van der Waals surface area contributed by atoms with Crippen LogP contribution in [-0.2, 0) is 23.1 Å². The number of carbonyl (C=O) groups is 1. The van der Waals surface area contributed by atoms with Crippen LogP contribution >= 0.6 is 0 Å². The topological polar surface area (TPSA) is 69.0 Å². The highest BCUT2D eigenvalue weighted by Gasteiger charge is 2.32. The Morgan fingerprint density at radius 2 is 2.06 bits per heavy atom. The van der Waals surface area contributed by atoms with E-state index in [1.165, 1.54) is 7.11 Å². The van der Waals surface area contributed by atoms with Crippen LogP contribution in [0, 0.1) is 12.3 Å². The first-order valence-corrected chi connectivity index (χ1v) is 5.93. The zero-order chi connectivity index (χ0) is 13.9. The van der Waals surface area contributed by atoms with Crippen molar-refractivity contribution in [3.05, 3.63) is 11.6 Å². The van der Waals surface area contributed by atoms with Crippen LogP contribution in [0.2, 0.25) is 0 Å². The number of nitrogens with zero attached hydrogens (tertiary/aromatic N) is 3. The Bertz CT molecular complexity index is 420. The van der Waals surface area contributed by atoms with Crippen molar-refractivity contribution < 1.29 is 9.53 Å². The molecular formula is C12H22N4O2. The van der Waals surface area contributed by atoms with Gasteiger partial charge in [-0.2, -0.15) is 0 Å². The van der Waals surface area contributed by atoms with E-state index >= 15 is 0 Å². The van der Waals surface area contributed by atoms with Gasteiger partial charge in [-0.25, -0.2) is 0 Å². The molecule has 1 rings (SSSR count). The first kappa shape index (κ1) is 14.6. The van der Waals surface area contributed by atoms with Crippen LogP contribution in [0.3, 0.4) is 0 Å². The minimum atomic E-state index is -0.375. The molecule has 0 aliphatic heterocycles. The van der Waals surface area contributed by atoms with Gasteiger partial charge in [0.25, 0.3) is 0 Å². The lowest BCUT2D eigenvalue weighted by molar-refractivity contribution is -0.146. The number of hydrogen-bond acceptors (Lipinski definition) is 5. The largest absolute Gasteiger partial charge is 0.468 e. The van der Waals surface area contributed by atoms with Crippen molar-refractivity contribution in [3.8, 4) is 0 Å². The number of esters is 1. The second-order valence-electron chi connectivity index (χ2n) is 5.43. The van der Waals surface area contributed by atoms with Crippen molar-refractivity contribution >= 4 is 5.97 Å². The summed E-state index contributed by atoms with van der Waals surface area (Å²) in [7, 11) is 3.30. The lowest BCUT2D eigenvalue weighted by atomic mass is 9.87. The molecule has 1 atom stereocenters. The molecule has 0 saturated carbocycles. The third-order valence-corrected chi connectivity index (χ3v) is 2.95. The number of aromatic nitrogens is 3. The SMILES string of the molecule is COC(=O)[C@@H](NCc1nnc(C)n1C)C(C)(C)C. The monoisotopic (exact) mass is 254 g/mol. The maximum atomic E-state index is 11.7. The summed E-state index contributed by atoms with van der Waals surface area (Å²) in [6, 6.07) is -0.375. The van der Waals surface area contributed by atoms with E-state index in [-0.39, 0.29) is 17.4 Å². The second kappa shape index (κ2) is 5.48. The summed E-state index contributed by atoms with van der Waals surface area (Å²) in [5.74, 6) is 1.38. The van der Waals surface area contributed by atoms with Crippen molar-refractivity contribution in [2.75, 3.05) is 7.11 Å². The smallest absolute Gasteiger partial charge is 0.323 e. The van der Waals surface area contributed by atoms with Gasteiger partial charge in [0, 0.05) is 7.05 Å². The number of nitrogens with one attached hydrogen (secondary N) is 1. The highest BCUT2D eigenvalue weighted by Crippen LogP contribution is 2.20. The number of hydrogen-bond donors (Lipinski definition) is 1. The van der Waals surface area contributed by atoms with Crippen LogP contribution in [0.5, 0.6) is 0 Å². The maximum absolute atomic E-state index is 11.7. The molecule has 0 saturated heterocycles. The fourth-order valence-electron chi connectivity index (χ4n) is 1.66. The first-order chi connectivity index (χ1) is 8.27. The molecule has 0 unspecified atom stereocenters. The van der Waals surface area contributed by atoms with Crippen LogP contribution in [-0.4, -0.2) is 33.9 Å². The Labute approximate surface area is 108 Å². The Morgan fingerprint density at radius 1 is 1.44 bits per heavy atom. The van der Waals surface area contributed by atoms with E-state index in [1.54, 1.807) is 0 Å². The van der Waals surface area contributed by atoms with Crippen LogP contribution in [0.1, 0.15) is 32.4 Å². The Kier molecular flexibility index (Phi) is 4.45. The Morgan fingerprint density at radius 3 is 2.44 bits per heavy atom. The van der Waals surface area contributed by atoms with Gasteiger partial charge in [-0.15, -0.1) is 10.2 Å². The Balaban J connectivity index is 2.74. The number of aryl methyl sites for hydroxylation is 1. The zero-order valence-corrected chi connectivity index (χ0v) is 11.9. The van der Waals surface area contributed by atoms with E-state index in [0.717, 1.165) is 11.6 Å².